The van der Waals surface area contributed by atoms with Gasteiger partial charge >= 0.3 is 0 Å². The van der Waals surface area contributed by atoms with Gasteiger partial charge in [-0.25, -0.2) is 0 Å². The van der Waals surface area contributed by atoms with E-state index in [0.29, 0.717) is 24.6 Å². The molecule has 3 N–H and O–H groups in total. The van der Waals surface area contributed by atoms with Crippen LogP contribution in [0.25, 0.3) is 12.2 Å². The molecule has 0 spiro atoms. The number of hydrogen-bond donors (Lipinski definition) is 3. The van der Waals surface area contributed by atoms with E-state index < -0.39 is 0 Å². The standard InChI is InChI=1S/C29H35N3O3/c33-27-7-5-21(15-25(27)19-31-9-1-2-10-31)13-23-17-30-18-24(29(23)35)14-22-6-8-28(34)26(16-22)20-32-11-3-4-12-32/h5-8,13-16,30,33-34H,1-4,9-12,17-20H2/b23-13+,24-14+. The molecule has 6 heteroatoms. The lowest BCUT2D eigenvalue weighted by Gasteiger charge is -2.19. The number of carbonyl (C=O) groups excluding carboxylic acids is 1. The van der Waals surface area contributed by atoms with Gasteiger partial charge < -0.3 is 15.5 Å². The Labute approximate surface area is 207 Å². The van der Waals surface area contributed by atoms with Crippen molar-refractivity contribution in [2.24, 2.45) is 0 Å². The Hall–Kier alpha value is -2.93. The zero-order valence-corrected chi connectivity index (χ0v) is 20.3. The first-order valence-electron chi connectivity index (χ1n) is 12.8. The Morgan fingerprint density at radius 1 is 0.714 bits per heavy atom. The monoisotopic (exact) mass is 473 g/mol. The molecule has 3 fully saturated rings. The van der Waals surface area contributed by atoms with E-state index in [4.69, 9.17) is 0 Å². The van der Waals surface area contributed by atoms with Crippen LogP contribution in [0, 0.1) is 0 Å². The van der Waals surface area contributed by atoms with E-state index in [1.54, 1.807) is 12.1 Å². The summed E-state index contributed by atoms with van der Waals surface area (Å²) in [6, 6.07) is 11.2. The van der Waals surface area contributed by atoms with Gasteiger partial charge in [-0.15, -0.1) is 0 Å². The molecule has 0 atom stereocenters. The smallest absolute Gasteiger partial charge is 0.187 e. The van der Waals surface area contributed by atoms with E-state index >= 15 is 0 Å². The molecule has 0 aliphatic carbocycles. The van der Waals surface area contributed by atoms with Crippen LogP contribution in [0.4, 0.5) is 0 Å². The maximum absolute atomic E-state index is 13.3. The fourth-order valence-electron chi connectivity index (χ4n) is 5.34. The van der Waals surface area contributed by atoms with Gasteiger partial charge in [-0.2, -0.15) is 0 Å². The molecule has 0 radical (unpaired) electrons. The van der Waals surface area contributed by atoms with E-state index in [2.05, 4.69) is 15.1 Å². The van der Waals surface area contributed by atoms with Crippen LogP contribution in [0.2, 0.25) is 0 Å². The molecule has 0 aromatic heterocycles. The number of aromatic hydroxyl groups is 2. The number of phenols is 2. The van der Waals surface area contributed by atoms with Crippen molar-refractivity contribution < 1.29 is 15.0 Å². The molecule has 5 rings (SSSR count). The number of benzene rings is 2. The summed E-state index contributed by atoms with van der Waals surface area (Å²) in [5.74, 6) is 0.668. The highest BCUT2D eigenvalue weighted by Crippen LogP contribution is 2.26. The minimum Gasteiger partial charge on any atom is -0.508 e. The van der Waals surface area contributed by atoms with Gasteiger partial charge in [-0.1, -0.05) is 12.1 Å². The van der Waals surface area contributed by atoms with Crippen molar-refractivity contribution in [3.05, 3.63) is 69.8 Å². The normalized spacial score (nSPS) is 22.0. The van der Waals surface area contributed by atoms with Gasteiger partial charge in [-0.3, -0.25) is 14.6 Å². The topological polar surface area (TPSA) is 76.0 Å². The Kier molecular flexibility index (Phi) is 7.32. The van der Waals surface area contributed by atoms with Crippen LogP contribution in [0.1, 0.15) is 47.9 Å². The second kappa shape index (κ2) is 10.8. The molecule has 0 amide bonds. The minimum atomic E-state index is 0.0482. The van der Waals surface area contributed by atoms with Gasteiger partial charge in [0.05, 0.1) is 0 Å². The third-order valence-electron chi connectivity index (χ3n) is 7.29. The van der Waals surface area contributed by atoms with Gasteiger partial charge in [0.2, 0.25) is 0 Å². The number of rotatable bonds is 6. The van der Waals surface area contributed by atoms with Crippen LogP contribution in [0.15, 0.2) is 47.5 Å². The summed E-state index contributed by atoms with van der Waals surface area (Å²) in [6.07, 6.45) is 8.71. The molecule has 35 heavy (non-hydrogen) atoms. The number of phenolic OH excluding ortho intramolecular Hbond substituents is 2. The summed E-state index contributed by atoms with van der Waals surface area (Å²) in [4.78, 5) is 18.0. The highest BCUT2D eigenvalue weighted by atomic mass is 16.3. The molecule has 2 aromatic carbocycles. The highest BCUT2D eigenvalue weighted by molar-refractivity contribution is 6.14. The fraction of sp³-hybridized carbons (Fsp3) is 0.414. The number of Topliss-reactive ketones (excluding diaryl/α,β-unsaturated/α-hetero) is 1. The Morgan fingerprint density at radius 2 is 1.14 bits per heavy atom. The van der Waals surface area contributed by atoms with E-state index in [-0.39, 0.29) is 5.78 Å². The first-order chi connectivity index (χ1) is 17.0. The maximum atomic E-state index is 13.3. The van der Waals surface area contributed by atoms with Crippen molar-refractivity contribution in [1.29, 1.82) is 0 Å². The largest absolute Gasteiger partial charge is 0.508 e. The molecule has 3 aliphatic heterocycles. The van der Waals surface area contributed by atoms with Gasteiger partial charge in [0.15, 0.2) is 5.78 Å². The summed E-state index contributed by atoms with van der Waals surface area (Å²) in [5, 5.41) is 24.0. The minimum absolute atomic E-state index is 0.0482. The predicted octanol–water partition coefficient (Wildman–Crippen LogP) is 3.93. The molecule has 3 heterocycles. The van der Waals surface area contributed by atoms with Crippen molar-refractivity contribution in [3.8, 4) is 11.5 Å². The molecular weight excluding hydrogens is 438 g/mol. The van der Waals surface area contributed by atoms with E-state index in [1.807, 2.05) is 36.4 Å². The van der Waals surface area contributed by atoms with E-state index in [0.717, 1.165) is 72.7 Å². The molecule has 0 saturated carbocycles. The van der Waals surface area contributed by atoms with Crippen molar-refractivity contribution in [2.45, 2.75) is 38.8 Å². The number of ketones is 1. The van der Waals surface area contributed by atoms with Crippen LogP contribution in [-0.2, 0) is 17.9 Å². The number of nitrogens with one attached hydrogen (secondary N) is 1. The zero-order valence-electron chi connectivity index (χ0n) is 20.3. The summed E-state index contributed by atoms with van der Waals surface area (Å²) in [5.41, 5.74) is 5.11. The van der Waals surface area contributed by atoms with Crippen molar-refractivity contribution in [3.63, 3.8) is 0 Å². The molecule has 0 unspecified atom stereocenters. The Morgan fingerprint density at radius 3 is 1.57 bits per heavy atom. The van der Waals surface area contributed by atoms with Crippen LogP contribution in [0.3, 0.4) is 0 Å². The highest BCUT2D eigenvalue weighted by Gasteiger charge is 2.21. The summed E-state index contributed by atoms with van der Waals surface area (Å²) in [6.45, 7) is 6.79. The SMILES string of the molecule is O=C1/C(=C/c2ccc(O)c(CN3CCCC3)c2)CNC/C1=C\c1ccc(O)c(CN2CCCC2)c1. The molecule has 2 aromatic rings. The second-order valence-corrected chi connectivity index (χ2v) is 10.0. The third kappa shape index (κ3) is 5.84. The third-order valence-corrected chi connectivity index (χ3v) is 7.29. The van der Waals surface area contributed by atoms with Gasteiger partial charge in [0, 0.05) is 48.5 Å². The van der Waals surface area contributed by atoms with Crippen LogP contribution in [-0.4, -0.2) is 65.1 Å². The molecule has 3 saturated heterocycles. The fourth-order valence-corrected chi connectivity index (χ4v) is 5.34. The van der Waals surface area contributed by atoms with Gasteiger partial charge in [-0.05, 0) is 99.4 Å². The van der Waals surface area contributed by atoms with E-state index in [9.17, 15) is 15.0 Å². The number of nitrogens with zero attached hydrogens (tertiary/aromatic N) is 2. The molecule has 0 bridgehead atoms. The molecule has 184 valence electrons. The lowest BCUT2D eigenvalue weighted by Crippen LogP contribution is -2.32. The van der Waals surface area contributed by atoms with E-state index in [1.165, 1.54) is 25.7 Å². The quantitative estimate of drug-likeness (QED) is 0.552. The Balaban J connectivity index is 1.34. The summed E-state index contributed by atoms with van der Waals surface area (Å²) in [7, 11) is 0. The van der Waals surface area contributed by atoms with Gasteiger partial charge in [0.25, 0.3) is 0 Å². The lowest BCUT2D eigenvalue weighted by atomic mass is 9.95. The van der Waals surface area contributed by atoms with Crippen LogP contribution < -0.4 is 5.32 Å². The number of piperidine rings is 1. The maximum Gasteiger partial charge on any atom is 0.187 e. The average Bonchev–Trinajstić information content (AvgIpc) is 3.55. The summed E-state index contributed by atoms with van der Waals surface area (Å²) < 4.78 is 0. The van der Waals surface area contributed by atoms with Crippen molar-refractivity contribution >= 4 is 17.9 Å². The van der Waals surface area contributed by atoms with Gasteiger partial charge in [0.1, 0.15) is 11.5 Å². The van der Waals surface area contributed by atoms with Crippen LogP contribution >= 0.6 is 0 Å². The average molecular weight is 474 g/mol. The van der Waals surface area contributed by atoms with Crippen LogP contribution in [0.5, 0.6) is 11.5 Å². The first-order valence-corrected chi connectivity index (χ1v) is 12.8. The lowest BCUT2D eigenvalue weighted by molar-refractivity contribution is -0.112. The molecule has 3 aliphatic rings. The predicted molar refractivity (Wildman–Crippen MR) is 139 cm³/mol. The molecule has 6 nitrogen and oxygen atoms in total. The second-order valence-electron chi connectivity index (χ2n) is 10.0. The Bertz CT molecular complexity index is 1050. The van der Waals surface area contributed by atoms with Crippen molar-refractivity contribution in [2.75, 3.05) is 39.3 Å². The molecular formula is C29H35N3O3. The number of carbonyl (C=O) groups is 1. The number of likely N-dealkylation sites (tertiary alicyclic amines) is 2. The number of hydrogen-bond acceptors (Lipinski definition) is 6. The first kappa shape index (κ1) is 23.8. The zero-order chi connectivity index (χ0) is 24.2. The summed E-state index contributed by atoms with van der Waals surface area (Å²) >= 11 is 0. The van der Waals surface area contributed by atoms with Crippen molar-refractivity contribution in [1.82, 2.24) is 15.1 Å².